The van der Waals surface area contributed by atoms with Crippen LogP contribution in [0.4, 0.5) is 18.9 Å². The average molecular weight is 501 g/mol. The number of aliphatic hydroxyl groups excluding tert-OH is 1. The van der Waals surface area contributed by atoms with Crippen molar-refractivity contribution in [3.8, 4) is 11.1 Å². The number of anilines is 1. The molecule has 3 rings (SSSR count). The van der Waals surface area contributed by atoms with Gasteiger partial charge < -0.3 is 9.84 Å². The lowest BCUT2D eigenvalue weighted by Gasteiger charge is -2.26. The lowest BCUT2D eigenvalue weighted by molar-refractivity contribution is -0.152. The van der Waals surface area contributed by atoms with Crippen LogP contribution in [0.25, 0.3) is 11.1 Å². The first kappa shape index (κ1) is 26.9. The van der Waals surface area contributed by atoms with Crippen LogP contribution in [0.5, 0.6) is 0 Å². The monoisotopic (exact) mass is 500 g/mol. The zero-order valence-electron chi connectivity index (χ0n) is 20.3. The Balaban J connectivity index is 2.03. The van der Waals surface area contributed by atoms with Crippen LogP contribution in [0.1, 0.15) is 42.9 Å². The summed E-state index contributed by atoms with van der Waals surface area (Å²) in [5.74, 6) is -5.91. The van der Waals surface area contributed by atoms with Gasteiger partial charge in [0.1, 0.15) is 41.4 Å². The molecule has 0 radical (unpaired) electrons. The lowest BCUT2D eigenvalue weighted by atomic mass is 10.0. The molecule has 0 aromatic heterocycles. The van der Waals surface area contributed by atoms with Crippen molar-refractivity contribution in [2.24, 2.45) is 0 Å². The second kappa shape index (κ2) is 10.9. The molecule has 0 bridgehead atoms. The fourth-order valence-corrected chi connectivity index (χ4v) is 3.54. The van der Waals surface area contributed by atoms with Crippen molar-refractivity contribution in [2.45, 2.75) is 32.6 Å². The number of nitrogens with zero attached hydrogens (tertiary/aromatic N) is 1. The van der Waals surface area contributed by atoms with Gasteiger partial charge >= 0.3 is 5.97 Å². The molecule has 2 N–H and O–H groups in total. The number of carbonyl (C=O) groups is 2. The van der Waals surface area contributed by atoms with Crippen LogP contribution in [0.3, 0.4) is 0 Å². The highest BCUT2D eigenvalue weighted by Crippen LogP contribution is 2.28. The molecule has 1 unspecified atom stereocenters. The van der Waals surface area contributed by atoms with E-state index in [9.17, 15) is 27.9 Å². The maximum absolute atomic E-state index is 14.5. The van der Waals surface area contributed by atoms with Gasteiger partial charge in [-0.3, -0.25) is 19.8 Å². The van der Waals surface area contributed by atoms with E-state index in [-0.39, 0.29) is 5.69 Å². The SMILES string of the molecule is CNC(O)c1ccc(-c2cccc(N(CC(=O)OC(C)(C)C)C(=O)c3c(F)cc(F)cc3F)c2)cc1. The van der Waals surface area contributed by atoms with Crippen LogP contribution >= 0.6 is 0 Å². The van der Waals surface area contributed by atoms with Gasteiger partial charge in [-0.1, -0.05) is 36.4 Å². The molecule has 0 aliphatic carbocycles. The molecule has 36 heavy (non-hydrogen) atoms. The summed E-state index contributed by atoms with van der Waals surface area (Å²) in [5, 5.41) is 12.6. The molecule has 0 saturated carbocycles. The highest BCUT2D eigenvalue weighted by molar-refractivity contribution is 6.09. The normalized spacial score (nSPS) is 12.2. The van der Waals surface area contributed by atoms with Gasteiger partial charge in [-0.25, -0.2) is 13.2 Å². The Bertz CT molecular complexity index is 1230. The fraction of sp³-hybridized carbons (Fsp3) is 0.259. The summed E-state index contributed by atoms with van der Waals surface area (Å²) in [6.07, 6.45) is -0.840. The van der Waals surface area contributed by atoms with Crippen LogP contribution in [-0.2, 0) is 9.53 Å². The van der Waals surface area contributed by atoms with Gasteiger partial charge in [0.15, 0.2) is 0 Å². The van der Waals surface area contributed by atoms with E-state index in [1.807, 2.05) is 0 Å². The van der Waals surface area contributed by atoms with Crippen LogP contribution in [-0.4, -0.2) is 36.2 Å². The Morgan fingerprint density at radius 2 is 1.58 bits per heavy atom. The van der Waals surface area contributed by atoms with Gasteiger partial charge in [-0.2, -0.15) is 0 Å². The molecule has 1 atom stereocenters. The standard InChI is InChI=1S/C27H27F3N2O4/c1-27(2,3)36-23(33)15-32(26(35)24-21(29)13-19(28)14-22(24)30)20-7-5-6-18(12-20)16-8-10-17(11-9-16)25(34)31-4/h5-14,25,31,34H,15H2,1-4H3. The Kier molecular flexibility index (Phi) is 8.17. The molecular weight excluding hydrogens is 473 g/mol. The molecule has 6 nitrogen and oxygen atoms in total. The molecule has 9 heteroatoms. The Hall–Kier alpha value is -3.69. The maximum atomic E-state index is 14.5. The molecule has 0 aliphatic rings. The number of nitrogens with one attached hydrogen (secondary N) is 1. The van der Waals surface area contributed by atoms with Crippen molar-refractivity contribution in [1.82, 2.24) is 5.32 Å². The summed E-state index contributed by atoms with van der Waals surface area (Å²) >= 11 is 0. The van der Waals surface area contributed by atoms with E-state index < -0.39 is 53.3 Å². The summed E-state index contributed by atoms with van der Waals surface area (Å²) < 4.78 is 47.6. The molecule has 0 heterocycles. The van der Waals surface area contributed by atoms with E-state index in [1.54, 1.807) is 70.3 Å². The number of benzene rings is 3. The van der Waals surface area contributed by atoms with E-state index in [4.69, 9.17) is 4.74 Å². The number of halogens is 3. The largest absolute Gasteiger partial charge is 0.459 e. The van der Waals surface area contributed by atoms with Crippen molar-refractivity contribution in [3.63, 3.8) is 0 Å². The topological polar surface area (TPSA) is 78.9 Å². The minimum absolute atomic E-state index is 0.172. The number of aliphatic hydroxyl groups is 1. The molecule has 3 aromatic rings. The van der Waals surface area contributed by atoms with Crippen molar-refractivity contribution < 1.29 is 32.6 Å². The second-order valence-electron chi connectivity index (χ2n) is 9.09. The third-order valence-corrected chi connectivity index (χ3v) is 5.16. The van der Waals surface area contributed by atoms with Crippen LogP contribution < -0.4 is 10.2 Å². The predicted molar refractivity (Wildman–Crippen MR) is 130 cm³/mol. The average Bonchev–Trinajstić information content (AvgIpc) is 2.80. The van der Waals surface area contributed by atoms with Crippen molar-refractivity contribution in [3.05, 3.63) is 89.2 Å². The highest BCUT2D eigenvalue weighted by atomic mass is 19.1. The summed E-state index contributed by atoms with van der Waals surface area (Å²) in [6, 6.07) is 14.2. The summed E-state index contributed by atoms with van der Waals surface area (Å²) in [5.41, 5.74) is 0.329. The number of hydrogen-bond donors (Lipinski definition) is 2. The Labute approximate surface area is 207 Å². The number of carbonyl (C=O) groups excluding carboxylic acids is 2. The smallest absolute Gasteiger partial charge is 0.326 e. The van der Waals surface area contributed by atoms with E-state index in [0.29, 0.717) is 23.3 Å². The lowest BCUT2D eigenvalue weighted by Crippen LogP contribution is -2.39. The molecule has 0 fully saturated rings. The molecular formula is C27H27F3N2O4. The summed E-state index contributed by atoms with van der Waals surface area (Å²) in [6.45, 7) is 4.30. The second-order valence-corrected chi connectivity index (χ2v) is 9.09. The number of amides is 1. The molecule has 1 amide bonds. The van der Waals surface area contributed by atoms with Gasteiger partial charge in [-0.05, 0) is 56.6 Å². The minimum atomic E-state index is -1.39. The first-order chi connectivity index (χ1) is 16.9. The quantitative estimate of drug-likeness (QED) is 0.354. The van der Waals surface area contributed by atoms with Crippen LogP contribution in [0.15, 0.2) is 60.7 Å². The van der Waals surface area contributed by atoms with E-state index in [0.717, 1.165) is 10.5 Å². The molecule has 0 aliphatic heterocycles. The van der Waals surface area contributed by atoms with Gasteiger partial charge in [-0.15, -0.1) is 0 Å². The zero-order valence-corrected chi connectivity index (χ0v) is 20.3. The molecule has 0 saturated heterocycles. The first-order valence-corrected chi connectivity index (χ1v) is 11.1. The summed E-state index contributed by atoms with van der Waals surface area (Å²) in [7, 11) is 1.62. The third kappa shape index (κ3) is 6.50. The van der Waals surface area contributed by atoms with Crippen LogP contribution in [0.2, 0.25) is 0 Å². The van der Waals surface area contributed by atoms with Gasteiger partial charge in [0, 0.05) is 17.8 Å². The van der Waals surface area contributed by atoms with Gasteiger partial charge in [0.25, 0.3) is 5.91 Å². The number of ether oxygens (including phenoxy) is 1. The molecule has 3 aromatic carbocycles. The van der Waals surface area contributed by atoms with Crippen molar-refractivity contribution in [2.75, 3.05) is 18.5 Å². The van der Waals surface area contributed by atoms with Gasteiger partial charge in [0.2, 0.25) is 0 Å². The van der Waals surface area contributed by atoms with Crippen molar-refractivity contribution >= 4 is 17.6 Å². The summed E-state index contributed by atoms with van der Waals surface area (Å²) in [4.78, 5) is 26.8. The first-order valence-electron chi connectivity index (χ1n) is 11.1. The highest BCUT2D eigenvalue weighted by Gasteiger charge is 2.29. The third-order valence-electron chi connectivity index (χ3n) is 5.16. The molecule has 190 valence electrons. The molecule has 0 spiro atoms. The predicted octanol–water partition coefficient (Wildman–Crippen LogP) is 4.97. The Morgan fingerprint density at radius 1 is 0.972 bits per heavy atom. The number of hydrogen-bond acceptors (Lipinski definition) is 5. The number of rotatable bonds is 7. The van der Waals surface area contributed by atoms with E-state index in [1.165, 1.54) is 6.07 Å². The van der Waals surface area contributed by atoms with Crippen molar-refractivity contribution in [1.29, 1.82) is 0 Å². The fourth-order valence-electron chi connectivity index (χ4n) is 3.54. The van der Waals surface area contributed by atoms with E-state index >= 15 is 0 Å². The maximum Gasteiger partial charge on any atom is 0.326 e. The van der Waals surface area contributed by atoms with Gasteiger partial charge in [0.05, 0.1) is 0 Å². The zero-order chi connectivity index (χ0) is 26.6. The minimum Gasteiger partial charge on any atom is -0.459 e. The number of esters is 1. The van der Waals surface area contributed by atoms with Crippen LogP contribution in [0, 0.1) is 17.5 Å². The Morgan fingerprint density at radius 3 is 2.14 bits per heavy atom. The van der Waals surface area contributed by atoms with E-state index in [2.05, 4.69) is 5.32 Å².